The Morgan fingerprint density at radius 3 is 2.59 bits per heavy atom. The highest BCUT2D eigenvalue weighted by Crippen LogP contribution is 2.38. The lowest BCUT2D eigenvalue weighted by molar-refractivity contribution is -0.142. The molecular weight excluding hydrogens is 328 g/mol. The second-order valence-electron chi connectivity index (χ2n) is 4.08. The Labute approximate surface area is 116 Å². The first-order valence-electron chi connectivity index (χ1n) is 5.22. The number of carbonyl (C=O) groups excluding carboxylic acids is 1. The number of Topliss-reactive ketones (excluding diaryl/α,β-unsaturated/α-hetero) is 1. The molecule has 1 aliphatic carbocycles. The minimum Gasteiger partial charge on any atom is -0.481 e. The second kappa shape index (κ2) is 5.08. The highest BCUT2D eigenvalue weighted by Gasteiger charge is 2.38. The van der Waals surface area contributed by atoms with Crippen molar-refractivity contribution >= 4 is 50.6 Å². The fourth-order valence-electron chi connectivity index (χ4n) is 2.22. The van der Waals surface area contributed by atoms with Gasteiger partial charge in [-0.2, -0.15) is 0 Å². The number of halogens is 2. The fraction of sp³-hybridized carbons (Fsp3) is 0.455. The lowest BCUT2D eigenvalue weighted by Crippen LogP contribution is -2.24. The van der Waals surface area contributed by atoms with Gasteiger partial charge in [0.15, 0.2) is 5.78 Å². The van der Waals surface area contributed by atoms with Crippen molar-refractivity contribution in [1.29, 1.82) is 0 Å². The smallest absolute Gasteiger partial charge is 0.307 e. The van der Waals surface area contributed by atoms with E-state index in [9.17, 15) is 9.59 Å². The van der Waals surface area contributed by atoms with Crippen LogP contribution in [-0.4, -0.2) is 16.9 Å². The maximum Gasteiger partial charge on any atom is 0.307 e. The third-order valence-electron chi connectivity index (χ3n) is 3.06. The van der Waals surface area contributed by atoms with E-state index >= 15 is 0 Å². The Balaban J connectivity index is 2.22. The van der Waals surface area contributed by atoms with E-state index in [2.05, 4.69) is 15.9 Å². The van der Waals surface area contributed by atoms with Gasteiger partial charge in [0.1, 0.15) is 4.34 Å². The van der Waals surface area contributed by atoms with Gasteiger partial charge < -0.3 is 5.11 Å². The predicted octanol–water partition coefficient (Wildman–Crippen LogP) is 3.85. The molecule has 0 saturated heterocycles. The van der Waals surface area contributed by atoms with Crippen LogP contribution in [0.5, 0.6) is 0 Å². The zero-order chi connectivity index (χ0) is 12.6. The summed E-state index contributed by atoms with van der Waals surface area (Å²) in [5.41, 5.74) is 0. The summed E-state index contributed by atoms with van der Waals surface area (Å²) in [5, 5.41) is 9.06. The summed E-state index contributed by atoms with van der Waals surface area (Å²) in [6, 6.07) is 1.67. The summed E-state index contributed by atoms with van der Waals surface area (Å²) in [6.45, 7) is 0. The van der Waals surface area contributed by atoms with Gasteiger partial charge in [-0.3, -0.25) is 9.59 Å². The molecule has 1 aromatic rings. The first kappa shape index (κ1) is 13.1. The van der Waals surface area contributed by atoms with Gasteiger partial charge in [-0.05, 0) is 34.8 Å². The highest BCUT2D eigenvalue weighted by molar-refractivity contribution is 9.10. The molecule has 1 saturated carbocycles. The molecule has 0 spiro atoms. The Bertz CT molecular complexity index is 452. The van der Waals surface area contributed by atoms with Gasteiger partial charge in [0.05, 0.1) is 10.8 Å². The molecule has 2 atom stereocenters. The molecule has 1 fully saturated rings. The maximum atomic E-state index is 12.2. The number of aliphatic carboxylic acids is 1. The molecule has 1 aliphatic rings. The van der Waals surface area contributed by atoms with Crippen molar-refractivity contribution in [2.75, 3.05) is 0 Å². The molecule has 0 aliphatic heterocycles. The van der Waals surface area contributed by atoms with Crippen LogP contribution in [0.1, 0.15) is 28.9 Å². The Kier molecular flexibility index (Phi) is 3.90. The van der Waals surface area contributed by atoms with Gasteiger partial charge in [-0.1, -0.05) is 18.0 Å². The van der Waals surface area contributed by atoms with Crippen molar-refractivity contribution in [2.45, 2.75) is 19.3 Å². The molecule has 1 heterocycles. The number of hydrogen-bond acceptors (Lipinski definition) is 3. The largest absolute Gasteiger partial charge is 0.481 e. The molecular formula is C11H10BrClO3S. The number of ketones is 1. The van der Waals surface area contributed by atoms with E-state index in [1.165, 1.54) is 11.3 Å². The molecule has 1 N–H and O–H groups in total. The molecule has 6 heteroatoms. The zero-order valence-corrected chi connectivity index (χ0v) is 11.9. The average molecular weight is 338 g/mol. The number of hydrogen-bond donors (Lipinski definition) is 1. The Morgan fingerprint density at radius 2 is 2.06 bits per heavy atom. The van der Waals surface area contributed by atoms with Gasteiger partial charge in [0.25, 0.3) is 0 Å². The summed E-state index contributed by atoms with van der Waals surface area (Å²) in [4.78, 5) is 23.8. The molecule has 0 aromatic carbocycles. The topological polar surface area (TPSA) is 54.4 Å². The second-order valence-corrected chi connectivity index (χ2v) is 6.59. The summed E-state index contributed by atoms with van der Waals surface area (Å²) in [5.74, 6) is -1.90. The van der Waals surface area contributed by atoms with Crippen molar-refractivity contribution in [3.05, 3.63) is 19.8 Å². The van der Waals surface area contributed by atoms with Crippen LogP contribution in [0.25, 0.3) is 0 Å². The standard InChI is InChI=1S/C11H10BrClO3S/c12-7-4-8(17-10(7)13)9(14)5-2-1-3-6(5)11(15)16/h4-6H,1-3H2,(H,15,16). The Hall–Kier alpha value is -0.390. The monoisotopic (exact) mass is 336 g/mol. The van der Waals surface area contributed by atoms with E-state index in [1.54, 1.807) is 6.07 Å². The normalized spacial score (nSPS) is 23.9. The number of carboxylic acid groups (broad SMARTS) is 1. The van der Waals surface area contributed by atoms with Crippen LogP contribution < -0.4 is 0 Å². The van der Waals surface area contributed by atoms with Crippen LogP contribution in [0, 0.1) is 11.8 Å². The quantitative estimate of drug-likeness (QED) is 0.852. The van der Waals surface area contributed by atoms with Crippen LogP contribution in [0.15, 0.2) is 10.5 Å². The van der Waals surface area contributed by atoms with E-state index in [-0.39, 0.29) is 5.78 Å². The molecule has 92 valence electrons. The highest BCUT2D eigenvalue weighted by atomic mass is 79.9. The van der Waals surface area contributed by atoms with Gasteiger partial charge >= 0.3 is 5.97 Å². The molecule has 0 radical (unpaired) electrons. The zero-order valence-electron chi connectivity index (χ0n) is 8.78. The molecule has 0 bridgehead atoms. The van der Waals surface area contributed by atoms with Crippen molar-refractivity contribution in [3.63, 3.8) is 0 Å². The van der Waals surface area contributed by atoms with E-state index < -0.39 is 17.8 Å². The first-order valence-corrected chi connectivity index (χ1v) is 7.21. The average Bonchev–Trinajstić information content (AvgIpc) is 2.85. The van der Waals surface area contributed by atoms with Crippen LogP contribution in [0.2, 0.25) is 4.34 Å². The molecule has 1 aromatic heterocycles. The van der Waals surface area contributed by atoms with E-state index in [0.717, 1.165) is 6.42 Å². The minimum atomic E-state index is -0.873. The molecule has 17 heavy (non-hydrogen) atoms. The van der Waals surface area contributed by atoms with Gasteiger partial charge in [0, 0.05) is 10.4 Å². The molecule has 0 amide bonds. The number of carbonyl (C=O) groups is 2. The van der Waals surface area contributed by atoms with Crippen molar-refractivity contribution in [2.24, 2.45) is 11.8 Å². The van der Waals surface area contributed by atoms with Gasteiger partial charge in [-0.15, -0.1) is 11.3 Å². The maximum absolute atomic E-state index is 12.2. The van der Waals surface area contributed by atoms with E-state index in [4.69, 9.17) is 16.7 Å². The minimum absolute atomic E-state index is 0.0903. The SMILES string of the molecule is O=C(O)C1CCCC1C(=O)c1cc(Br)c(Cl)s1. The number of carboxylic acids is 1. The lowest BCUT2D eigenvalue weighted by Gasteiger charge is -2.12. The Morgan fingerprint density at radius 1 is 1.41 bits per heavy atom. The van der Waals surface area contributed by atoms with Crippen molar-refractivity contribution in [1.82, 2.24) is 0 Å². The summed E-state index contributed by atoms with van der Waals surface area (Å²) in [6.07, 6.45) is 2.04. The van der Waals surface area contributed by atoms with Gasteiger partial charge in [-0.25, -0.2) is 0 Å². The number of rotatable bonds is 3. The summed E-state index contributed by atoms with van der Waals surface area (Å²) in [7, 11) is 0. The molecule has 2 rings (SSSR count). The number of thiophene rings is 1. The van der Waals surface area contributed by atoms with Crippen LogP contribution in [-0.2, 0) is 4.79 Å². The first-order chi connectivity index (χ1) is 8.00. The van der Waals surface area contributed by atoms with Crippen LogP contribution in [0.4, 0.5) is 0 Å². The third-order valence-corrected chi connectivity index (χ3v) is 5.55. The molecule has 2 unspecified atom stereocenters. The van der Waals surface area contributed by atoms with Crippen LogP contribution >= 0.6 is 38.9 Å². The third kappa shape index (κ3) is 2.56. The van der Waals surface area contributed by atoms with Crippen LogP contribution in [0.3, 0.4) is 0 Å². The summed E-state index contributed by atoms with van der Waals surface area (Å²) >= 11 is 10.3. The summed E-state index contributed by atoms with van der Waals surface area (Å²) < 4.78 is 1.22. The molecule has 3 nitrogen and oxygen atoms in total. The van der Waals surface area contributed by atoms with Crippen molar-refractivity contribution < 1.29 is 14.7 Å². The van der Waals surface area contributed by atoms with Gasteiger partial charge in [0.2, 0.25) is 0 Å². The predicted molar refractivity (Wildman–Crippen MR) is 69.8 cm³/mol. The van der Waals surface area contributed by atoms with E-state index in [0.29, 0.717) is 26.5 Å². The van der Waals surface area contributed by atoms with Crippen molar-refractivity contribution in [3.8, 4) is 0 Å². The fourth-order valence-corrected chi connectivity index (χ4v) is 3.93. The van der Waals surface area contributed by atoms with E-state index in [1.807, 2.05) is 0 Å². The lowest BCUT2D eigenvalue weighted by atomic mass is 9.91.